The lowest BCUT2D eigenvalue weighted by atomic mass is 10.0. The molecular formula is C20H10ClF3N2O3. The van der Waals surface area contributed by atoms with Gasteiger partial charge in [-0.15, -0.1) is 0 Å². The van der Waals surface area contributed by atoms with E-state index < -0.39 is 11.7 Å². The number of halogens is 4. The Hall–Kier alpha value is -3.26. The van der Waals surface area contributed by atoms with Gasteiger partial charge >= 0.3 is 6.18 Å². The van der Waals surface area contributed by atoms with Gasteiger partial charge in [0.15, 0.2) is 11.5 Å². The van der Waals surface area contributed by atoms with Crippen molar-refractivity contribution in [1.82, 2.24) is 10.1 Å². The summed E-state index contributed by atoms with van der Waals surface area (Å²) in [6, 6.07) is 12.1. The molecule has 0 fully saturated rings. The second-order valence-corrected chi connectivity index (χ2v) is 6.78. The van der Waals surface area contributed by atoms with Crippen LogP contribution in [-0.4, -0.2) is 16.9 Å². The zero-order valence-electron chi connectivity index (χ0n) is 14.5. The van der Waals surface area contributed by atoms with Crippen LogP contribution in [0.2, 0.25) is 5.02 Å². The molecule has 0 saturated heterocycles. The maximum absolute atomic E-state index is 13.9. The summed E-state index contributed by atoms with van der Waals surface area (Å²) in [5.41, 5.74) is -0.0863. The third-order valence-electron chi connectivity index (χ3n) is 4.54. The minimum atomic E-state index is -4.64. The molecule has 1 aliphatic rings. The molecule has 9 heteroatoms. The first-order chi connectivity index (χ1) is 13.9. The maximum atomic E-state index is 13.9. The van der Waals surface area contributed by atoms with Crippen molar-refractivity contribution in [2.75, 3.05) is 6.79 Å². The van der Waals surface area contributed by atoms with Gasteiger partial charge < -0.3 is 14.0 Å². The first-order valence-electron chi connectivity index (χ1n) is 8.44. The summed E-state index contributed by atoms with van der Waals surface area (Å²) in [5, 5.41) is 4.11. The van der Waals surface area contributed by atoms with E-state index in [1.807, 2.05) is 0 Å². The largest absolute Gasteiger partial charge is 0.454 e. The zero-order chi connectivity index (χ0) is 20.2. The fraction of sp³-hybridized carbons (Fsp3) is 0.100. The highest BCUT2D eigenvalue weighted by Crippen LogP contribution is 2.43. The predicted molar refractivity (Wildman–Crippen MR) is 98.8 cm³/mol. The van der Waals surface area contributed by atoms with Crippen molar-refractivity contribution >= 4 is 22.7 Å². The lowest BCUT2D eigenvalue weighted by molar-refractivity contribution is -0.136. The molecule has 3 heterocycles. The van der Waals surface area contributed by atoms with Crippen molar-refractivity contribution in [1.29, 1.82) is 0 Å². The van der Waals surface area contributed by atoms with Crippen molar-refractivity contribution in [3.8, 4) is 34.0 Å². The van der Waals surface area contributed by atoms with E-state index in [-0.39, 0.29) is 29.3 Å². The molecule has 0 bridgehead atoms. The zero-order valence-corrected chi connectivity index (χ0v) is 15.2. The number of alkyl halides is 3. The molecule has 0 saturated carbocycles. The van der Waals surface area contributed by atoms with Crippen molar-refractivity contribution in [3.05, 3.63) is 59.1 Å². The molecule has 0 aliphatic carbocycles. The van der Waals surface area contributed by atoms with E-state index in [1.54, 1.807) is 42.5 Å². The normalized spacial score (nSPS) is 13.2. The number of benzene rings is 2. The van der Waals surface area contributed by atoms with Crippen LogP contribution in [0.15, 0.2) is 53.1 Å². The highest BCUT2D eigenvalue weighted by molar-refractivity contribution is 6.30. The van der Waals surface area contributed by atoms with Crippen LogP contribution in [0.1, 0.15) is 5.56 Å². The van der Waals surface area contributed by atoms with Crippen molar-refractivity contribution in [2.45, 2.75) is 6.18 Å². The average Bonchev–Trinajstić information content (AvgIpc) is 3.33. The minimum Gasteiger partial charge on any atom is -0.454 e. The molecule has 5 rings (SSSR count). The number of ether oxygens (including phenoxy) is 2. The molecule has 0 unspecified atom stereocenters. The Labute approximate surface area is 166 Å². The number of rotatable bonds is 2. The number of pyridine rings is 1. The van der Waals surface area contributed by atoms with E-state index >= 15 is 0 Å². The standard InChI is InChI=1S/C20H10ClF3N2O3/c21-12-4-1-10(2-5-12)14-8-13(20(22,23)24)17-18(26-29-19(17)25-14)11-3-6-15-16(7-11)28-9-27-15/h1-8H,9H2. The van der Waals surface area contributed by atoms with E-state index in [0.717, 1.165) is 6.07 Å². The number of aromatic nitrogens is 2. The van der Waals surface area contributed by atoms with Gasteiger partial charge in [-0.3, -0.25) is 0 Å². The summed E-state index contributed by atoms with van der Waals surface area (Å²) >= 11 is 5.86. The third kappa shape index (κ3) is 3.05. The fourth-order valence-electron chi connectivity index (χ4n) is 3.18. The summed E-state index contributed by atoms with van der Waals surface area (Å²) in [5.74, 6) is 0.943. The van der Waals surface area contributed by atoms with E-state index in [2.05, 4.69) is 10.1 Å². The van der Waals surface area contributed by atoms with Crippen molar-refractivity contribution < 1.29 is 27.2 Å². The molecule has 0 radical (unpaired) electrons. The van der Waals surface area contributed by atoms with Gasteiger partial charge in [0.05, 0.1) is 16.6 Å². The molecule has 1 aliphatic heterocycles. The quantitative estimate of drug-likeness (QED) is 0.402. The smallest absolute Gasteiger partial charge is 0.417 e. The van der Waals surface area contributed by atoms with Crippen LogP contribution in [-0.2, 0) is 6.18 Å². The van der Waals surface area contributed by atoms with Gasteiger partial charge in [-0.05, 0) is 36.4 Å². The average molecular weight is 419 g/mol. The second-order valence-electron chi connectivity index (χ2n) is 6.34. The van der Waals surface area contributed by atoms with Gasteiger partial charge in [-0.1, -0.05) is 28.9 Å². The van der Waals surface area contributed by atoms with Gasteiger partial charge in [0.1, 0.15) is 5.69 Å². The van der Waals surface area contributed by atoms with Crippen LogP contribution in [0.4, 0.5) is 13.2 Å². The lowest BCUT2D eigenvalue weighted by Crippen LogP contribution is -2.07. The topological polar surface area (TPSA) is 57.4 Å². The maximum Gasteiger partial charge on any atom is 0.417 e. The van der Waals surface area contributed by atoms with Gasteiger partial charge in [0.25, 0.3) is 5.71 Å². The molecule has 29 heavy (non-hydrogen) atoms. The summed E-state index contributed by atoms with van der Waals surface area (Å²) in [7, 11) is 0. The van der Waals surface area contributed by atoms with E-state index in [4.69, 9.17) is 25.6 Å². The molecular weight excluding hydrogens is 409 g/mol. The lowest BCUT2D eigenvalue weighted by Gasteiger charge is -2.11. The van der Waals surface area contributed by atoms with Crippen LogP contribution in [0.5, 0.6) is 11.5 Å². The highest BCUT2D eigenvalue weighted by Gasteiger charge is 2.36. The van der Waals surface area contributed by atoms with Gasteiger partial charge in [0.2, 0.25) is 6.79 Å². The Morgan fingerprint density at radius 3 is 2.38 bits per heavy atom. The minimum absolute atomic E-state index is 0.0285. The number of nitrogens with zero attached hydrogens (tertiary/aromatic N) is 2. The van der Waals surface area contributed by atoms with Crippen molar-refractivity contribution in [2.24, 2.45) is 0 Å². The first-order valence-corrected chi connectivity index (χ1v) is 8.81. The Morgan fingerprint density at radius 1 is 0.897 bits per heavy atom. The van der Waals surface area contributed by atoms with Crippen LogP contribution in [0.25, 0.3) is 33.6 Å². The Balaban J connectivity index is 1.73. The first kappa shape index (κ1) is 17.8. The predicted octanol–water partition coefficient (Wildman–Crippen LogP) is 5.96. The van der Waals surface area contributed by atoms with E-state index in [9.17, 15) is 13.2 Å². The molecule has 5 nitrogen and oxygen atoms in total. The number of fused-ring (bicyclic) bond motifs is 2. The summed E-state index contributed by atoms with van der Waals surface area (Å²) in [6.45, 7) is 0.0537. The molecule has 4 aromatic rings. The summed E-state index contributed by atoms with van der Waals surface area (Å²) < 4.78 is 57.5. The highest BCUT2D eigenvalue weighted by atomic mass is 35.5. The fourth-order valence-corrected chi connectivity index (χ4v) is 3.31. The van der Waals surface area contributed by atoms with Gasteiger partial charge in [-0.2, -0.15) is 13.2 Å². The molecule has 0 amide bonds. The van der Waals surface area contributed by atoms with Gasteiger partial charge in [-0.25, -0.2) is 4.98 Å². The molecule has 0 atom stereocenters. The summed E-state index contributed by atoms with van der Waals surface area (Å²) in [6.07, 6.45) is -4.64. The van der Waals surface area contributed by atoms with Crippen LogP contribution < -0.4 is 9.47 Å². The van der Waals surface area contributed by atoms with Crippen LogP contribution in [0.3, 0.4) is 0 Å². The molecule has 0 spiro atoms. The summed E-state index contributed by atoms with van der Waals surface area (Å²) in [4.78, 5) is 4.24. The monoisotopic (exact) mass is 418 g/mol. The Kier molecular flexibility index (Phi) is 3.92. The molecule has 146 valence electrons. The third-order valence-corrected chi connectivity index (χ3v) is 4.79. The van der Waals surface area contributed by atoms with Crippen LogP contribution >= 0.6 is 11.6 Å². The Morgan fingerprint density at radius 2 is 1.62 bits per heavy atom. The van der Waals surface area contributed by atoms with Gasteiger partial charge in [0, 0.05) is 16.1 Å². The second kappa shape index (κ2) is 6.38. The molecule has 2 aromatic heterocycles. The molecule has 2 aromatic carbocycles. The van der Waals surface area contributed by atoms with Crippen molar-refractivity contribution in [3.63, 3.8) is 0 Å². The van der Waals surface area contributed by atoms with E-state index in [0.29, 0.717) is 27.6 Å². The number of hydrogen-bond acceptors (Lipinski definition) is 5. The Bertz CT molecular complexity index is 1240. The van der Waals surface area contributed by atoms with Crippen LogP contribution in [0, 0.1) is 0 Å². The molecule has 0 N–H and O–H groups in total. The van der Waals surface area contributed by atoms with E-state index in [1.165, 1.54) is 0 Å². The SMILES string of the molecule is FC(F)(F)c1cc(-c2ccc(Cl)cc2)nc2onc(-c3ccc4c(c3)OCO4)c12. The number of hydrogen-bond donors (Lipinski definition) is 0.